The second-order valence-electron chi connectivity index (χ2n) is 8.38. The fourth-order valence-corrected chi connectivity index (χ4v) is 4.36. The molecule has 0 saturated carbocycles. The first-order valence-corrected chi connectivity index (χ1v) is 11.4. The normalized spacial score (nSPS) is 17.1. The summed E-state index contributed by atoms with van der Waals surface area (Å²) in [5, 5.41) is 9.76. The molecule has 190 valence electrons. The van der Waals surface area contributed by atoms with Crippen molar-refractivity contribution >= 4 is 23.2 Å². The Kier molecular flexibility index (Phi) is 7.44. The number of ketones is 1. The van der Waals surface area contributed by atoms with Gasteiger partial charge in [0.05, 0.1) is 33.0 Å². The molecule has 1 saturated heterocycles. The zero-order valence-electron chi connectivity index (χ0n) is 20.4. The number of likely N-dealkylation sites (N-methyl/N-ethyl adjacent to an activating group) is 1. The number of rotatable bonds is 8. The quantitative estimate of drug-likeness (QED) is 0.550. The molecule has 0 bridgehead atoms. The van der Waals surface area contributed by atoms with E-state index in [1.54, 1.807) is 53.2 Å². The number of carboxylic acid groups (broad SMARTS) is 1. The van der Waals surface area contributed by atoms with Crippen LogP contribution >= 0.6 is 0 Å². The lowest BCUT2D eigenvalue weighted by Crippen LogP contribution is -2.42. The first-order valence-electron chi connectivity index (χ1n) is 11.4. The number of Topliss-reactive ketones (excluding diaryl/α,β-unsaturated/α-hetero) is 1. The fraction of sp³-hybridized carbons (Fsp3) is 0.346. The first kappa shape index (κ1) is 25.1. The van der Waals surface area contributed by atoms with E-state index in [9.17, 15) is 19.5 Å². The van der Waals surface area contributed by atoms with Crippen molar-refractivity contribution in [2.24, 2.45) is 0 Å². The summed E-state index contributed by atoms with van der Waals surface area (Å²) in [5.41, 5.74) is 1.25. The van der Waals surface area contributed by atoms with E-state index >= 15 is 0 Å². The summed E-state index contributed by atoms with van der Waals surface area (Å²) >= 11 is 0. The predicted molar refractivity (Wildman–Crippen MR) is 129 cm³/mol. The summed E-state index contributed by atoms with van der Waals surface area (Å²) in [7, 11) is 4.58. The van der Waals surface area contributed by atoms with Gasteiger partial charge in [0.25, 0.3) is 5.91 Å². The van der Waals surface area contributed by atoms with Gasteiger partial charge in [-0.2, -0.15) is 0 Å². The van der Waals surface area contributed by atoms with Gasteiger partial charge in [-0.3, -0.25) is 9.59 Å². The van der Waals surface area contributed by atoms with E-state index < -0.39 is 12.0 Å². The van der Waals surface area contributed by atoms with Gasteiger partial charge in [-0.1, -0.05) is 12.1 Å². The maximum Gasteiger partial charge on any atom is 0.337 e. The molecule has 1 amide bonds. The van der Waals surface area contributed by atoms with Gasteiger partial charge in [0.15, 0.2) is 23.9 Å². The van der Waals surface area contributed by atoms with Crippen molar-refractivity contribution < 1.29 is 38.4 Å². The molecule has 36 heavy (non-hydrogen) atoms. The van der Waals surface area contributed by atoms with Crippen LogP contribution < -0.4 is 14.2 Å². The highest BCUT2D eigenvalue weighted by Crippen LogP contribution is 2.42. The maximum atomic E-state index is 13.7. The highest BCUT2D eigenvalue weighted by Gasteiger charge is 2.35. The van der Waals surface area contributed by atoms with E-state index in [1.165, 1.54) is 20.4 Å². The van der Waals surface area contributed by atoms with Crippen LogP contribution in [0, 0.1) is 0 Å². The number of amides is 1. The lowest BCUT2D eigenvalue weighted by atomic mass is 9.86. The molecule has 1 atom stereocenters. The molecule has 1 unspecified atom stereocenters. The van der Waals surface area contributed by atoms with Crippen molar-refractivity contribution in [1.29, 1.82) is 0 Å². The van der Waals surface area contributed by atoms with Gasteiger partial charge in [-0.05, 0) is 29.8 Å². The lowest BCUT2D eigenvalue weighted by molar-refractivity contribution is -0.137. The molecule has 0 aromatic heterocycles. The van der Waals surface area contributed by atoms with Crippen LogP contribution in [0.4, 0.5) is 0 Å². The lowest BCUT2D eigenvalue weighted by Gasteiger charge is -2.33. The van der Waals surface area contributed by atoms with Gasteiger partial charge in [-0.15, -0.1) is 0 Å². The van der Waals surface area contributed by atoms with Crippen LogP contribution in [-0.2, 0) is 14.3 Å². The van der Waals surface area contributed by atoms with Crippen molar-refractivity contribution in [2.45, 2.75) is 6.04 Å². The second kappa shape index (κ2) is 10.7. The molecule has 4 rings (SSSR count). The first-order chi connectivity index (χ1) is 17.3. The summed E-state index contributed by atoms with van der Waals surface area (Å²) in [6.07, 6.45) is 1.43. The minimum absolute atomic E-state index is 0.0382. The topological polar surface area (TPSA) is 115 Å². The summed E-state index contributed by atoms with van der Waals surface area (Å²) in [4.78, 5) is 41.3. The van der Waals surface area contributed by atoms with Crippen LogP contribution in [0.1, 0.15) is 27.5 Å². The number of hydrogen-bond acceptors (Lipinski definition) is 8. The Morgan fingerprint density at radius 3 is 2.42 bits per heavy atom. The molecular weight excluding hydrogens is 468 g/mol. The molecule has 10 nitrogen and oxygen atoms in total. The van der Waals surface area contributed by atoms with Gasteiger partial charge in [0, 0.05) is 37.5 Å². The summed E-state index contributed by atoms with van der Waals surface area (Å²) in [5.74, 6) is -0.413. The van der Waals surface area contributed by atoms with Crippen LogP contribution in [0.2, 0.25) is 0 Å². The van der Waals surface area contributed by atoms with E-state index in [2.05, 4.69) is 0 Å². The molecule has 2 aliphatic rings. The summed E-state index contributed by atoms with van der Waals surface area (Å²) in [6.45, 7) is 1.90. The second-order valence-corrected chi connectivity index (χ2v) is 8.38. The molecular formula is C26H28N2O8. The zero-order valence-corrected chi connectivity index (χ0v) is 20.4. The zero-order chi connectivity index (χ0) is 25.8. The van der Waals surface area contributed by atoms with E-state index in [0.717, 1.165) is 0 Å². The number of carbonyl (C=O) groups is 3. The average Bonchev–Trinajstić information content (AvgIpc) is 2.90. The van der Waals surface area contributed by atoms with Crippen LogP contribution in [0.25, 0.3) is 5.57 Å². The number of fused-ring (bicyclic) bond motifs is 1. The number of methoxy groups -OCH3 is 2. The fourth-order valence-electron chi connectivity index (χ4n) is 4.36. The van der Waals surface area contributed by atoms with Crippen LogP contribution in [0.15, 0.2) is 42.6 Å². The monoisotopic (exact) mass is 496 g/mol. The molecule has 0 spiro atoms. The van der Waals surface area contributed by atoms with Crippen LogP contribution in [-0.4, -0.2) is 86.7 Å². The smallest absolute Gasteiger partial charge is 0.337 e. The van der Waals surface area contributed by atoms with Crippen molar-refractivity contribution in [3.05, 3.63) is 59.3 Å². The molecule has 1 fully saturated rings. The number of carbonyl (C=O) groups excluding carboxylic acids is 2. The van der Waals surface area contributed by atoms with E-state index in [-0.39, 0.29) is 23.9 Å². The van der Waals surface area contributed by atoms with E-state index in [0.29, 0.717) is 60.2 Å². The number of benzene rings is 2. The molecule has 1 N–H and O–H groups in total. The number of aliphatic carboxylic acids is 1. The highest BCUT2D eigenvalue weighted by atomic mass is 16.5. The predicted octanol–water partition coefficient (Wildman–Crippen LogP) is 2.24. The standard InChI is InChI=1S/C26H28N2O8/c1-27-14-20(26(31)32)18-12-21(33-2)22(34-3)13-19(18)24(27)25(30)16-5-4-6-17(11-16)36-15-23(29)28-7-9-35-10-8-28/h4-6,11-14,24H,7-10,15H2,1-3H3,(H,31,32). The number of nitrogens with zero attached hydrogens (tertiary/aromatic N) is 2. The van der Waals surface area contributed by atoms with Crippen LogP contribution in [0.3, 0.4) is 0 Å². The van der Waals surface area contributed by atoms with E-state index in [4.69, 9.17) is 18.9 Å². The minimum Gasteiger partial charge on any atom is -0.493 e. The molecule has 2 aromatic carbocycles. The summed E-state index contributed by atoms with van der Waals surface area (Å²) < 4.78 is 21.7. The third-order valence-electron chi connectivity index (χ3n) is 6.20. The van der Waals surface area contributed by atoms with Gasteiger partial charge < -0.3 is 33.9 Å². The Morgan fingerprint density at radius 2 is 1.75 bits per heavy atom. The van der Waals surface area contributed by atoms with Gasteiger partial charge >= 0.3 is 5.97 Å². The van der Waals surface area contributed by atoms with Crippen LogP contribution in [0.5, 0.6) is 17.2 Å². The highest BCUT2D eigenvalue weighted by molar-refractivity contribution is 6.17. The Labute approximate surface area is 208 Å². The van der Waals surface area contributed by atoms with Gasteiger partial charge in [-0.25, -0.2) is 4.79 Å². The van der Waals surface area contributed by atoms with E-state index in [1.807, 2.05) is 0 Å². The Bertz CT molecular complexity index is 1200. The largest absolute Gasteiger partial charge is 0.493 e. The SMILES string of the molecule is COc1cc2c(cc1OC)C(C(=O)c1cccc(OCC(=O)N3CCOCC3)c1)N(C)C=C2C(=O)O. The van der Waals surface area contributed by atoms with Gasteiger partial charge in [0.1, 0.15) is 11.8 Å². The molecule has 2 aromatic rings. The molecule has 0 radical (unpaired) electrons. The molecule has 2 aliphatic heterocycles. The van der Waals surface area contributed by atoms with Crippen molar-refractivity contribution in [1.82, 2.24) is 9.80 Å². The number of hydrogen-bond donors (Lipinski definition) is 1. The third-order valence-corrected chi connectivity index (χ3v) is 6.20. The minimum atomic E-state index is -1.12. The Balaban J connectivity index is 1.61. The maximum absolute atomic E-state index is 13.7. The summed E-state index contributed by atoms with van der Waals surface area (Å²) in [6, 6.07) is 8.98. The number of ether oxygens (including phenoxy) is 4. The average molecular weight is 497 g/mol. The van der Waals surface area contributed by atoms with Crippen molar-refractivity contribution in [2.75, 3.05) is 54.2 Å². The molecule has 0 aliphatic carbocycles. The van der Waals surface area contributed by atoms with Crippen molar-refractivity contribution in [3.8, 4) is 17.2 Å². The van der Waals surface area contributed by atoms with Gasteiger partial charge in [0.2, 0.25) is 0 Å². The molecule has 10 heteroatoms. The van der Waals surface area contributed by atoms with Crippen molar-refractivity contribution in [3.63, 3.8) is 0 Å². The number of morpholine rings is 1. The Morgan fingerprint density at radius 1 is 1.06 bits per heavy atom. The number of carboxylic acids is 1. The molecule has 2 heterocycles. The Hall–Kier alpha value is -4.05. The third kappa shape index (κ3) is 4.99.